The average Bonchev–Trinajstić information content (AvgIpc) is 3.00. The standard InChI is InChI=1S/C31H27Cl4N3O4S/c1-36-31(40)29(17-21-9-4-2-5-10-21)37(19-24-25(33)13-8-14-26(24)34)30(39)20-38(28-18-22(32)15-16-27(28)35)43(41,42)23-11-6-3-7-12-23/h2-16,18,29H,17,19-20H2,1H3,(H,36,40). The van der Waals surface area contributed by atoms with E-state index in [1.807, 2.05) is 30.3 Å². The molecule has 224 valence electrons. The molecule has 0 aliphatic rings. The lowest BCUT2D eigenvalue weighted by Crippen LogP contribution is -2.53. The summed E-state index contributed by atoms with van der Waals surface area (Å²) in [6, 6.07) is 25.0. The Morgan fingerprint density at radius 2 is 1.40 bits per heavy atom. The Hall–Kier alpha value is -3.27. The van der Waals surface area contributed by atoms with E-state index in [0.29, 0.717) is 5.56 Å². The molecule has 4 aromatic rings. The minimum Gasteiger partial charge on any atom is -0.357 e. The predicted molar refractivity (Wildman–Crippen MR) is 172 cm³/mol. The second-order valence-electron chi connectivity index (χ2n) is 9.46. The van der Waals surface area contributed by atoms with Crippen LogP contribution in [0.3, 0.4) is 0 Å². The summed E-state index contributed by atoms with van der Waals surface area (Å²) in [7, 11) is -2.87. The number of sulfonamides is 1. The van der Waals surface area contributed by atoms with Gasteiger partial charge in [-0.25, -0.2) is 8.42 Å². The number of hydrogen-bond donors (Lipinski definition) is 1. The van der Waals surface area contributed by atoms with Gasteiger partial charge in [0.1, 0.15) is 12.6 Å². The minimum atomic E-state index is -4.33. The van der Waals surface area contributed by atoms with Gasteiger partial charge >= 0.3 is 0 Å². The molecule has 0 saturated carbocycles. The Morgan fingerprint density at radius 3 is 2.00 bits per heavy atom. The van der Waals surface area contributed by atoms with Crippen LogP contribution in [0.1, 0.15) is 11.1 Å². The summed E-state index contributed by atoms with van der Waals surface area (Å²) in [6.45, 7) is -0.883. The Balaban J connectivity index is 1.85. The second kappa shape index (κ2) is 14.5. The number of anilines is 1. The smallest absolute Gasteiger partial charge is 0.264 e. The van der Waals surface area contributed by atoms with Crippen molar-refractivity contribution >= 4 is 73.9 Å². The van der Waals surface area contributed by atoms with E-state index in [1.165, 1.54) is 42.3 Å². The van der Waals surface area contributed by atoms with E-state index < -0.39 is 34.4 Å². The highest BCUT2D eigenvalue weighted by Crippen LogP contribution is 2.34. The molecule has 2 amide bonds. The van der Waals surface area contributed by atoms with Crippen molar-refractivity contribution in [1.29, 1.82) is 0 Å². The van der Waals surface area contributed by atoms with Gasteiger partial charge in [-0.1, -0.05) is 101 Å². The fourth-order valence-corrected chi connectivity index (χ4v) is 6.88. The molecular formula is C31H27Cl4N3O4S. The van der Waals surface area contributed by atoms with Gasteiger partial charge in [0.15, 0.2) is 0 Å². The van der Waals surface area contributed by atoms with E-state index >= 15 is 0 Å². The lowest BCUT2D eigenvalue weighted by molar-refractivity contribution is -0.139. The Morgan fingerprint density at radius 1 is 0.791 bits per heavy atom. The molecular weight excluding hydrogens is 652 g/mol. The van der Waals surface area contributed by atoms with Gasteiger partial charge in [0.05, 0.1) is 15.6 Å². The summed E-state index contributed by atoms with van der Waals surface area (Å²) in [5, 5.41) is 3.47. The molecule has 0 aliphatic heterocycles. The summed E-state index contributed by atoms with van der Waals surface area (Å²) in [5.74, 6) is -1.16. The van der Waals surface area contributed by atoms with Crippen LogP contribution in [0, 0.1) is 0 Å². The van der Waals surface area contributed by atoms with Crippen molar-refractivity contribution in [2.24, 2.45) is 0 Å². The molecule has 1 atom stereocenters. The fourth-order valence-electron chi connectivity index (χ4n) is 4.48. The fraction of sp³-hybridized carbons (Fsp3) is 0.161. The van der Waals surface area contributed by atoms with Crippen molar-refractivity contribution < 1.29 is 18.0 Å². The summed E-state index contributed by atoms with van der Waals surface area (Å²) >= 11 is 25.7. The van der Waals surface area contributed by atoms with Crippen LogP contribution in [0.25, 0.3) is 0 Å². The molecule has 7 nitrogen and oxygen atoms in total. The van der Waals surface area contributed by atoms with Crippen LogP contribution in [0.15, 0.2) is 102 Å². The maximum atomic E-state index is 14.4. The highest BCUT2D eigenvalue weighted by molar-refractivity contribution is 7.92. The predicted octanol–water partition coefficient (Wildman–Crippen LogP) is 6.88. The zero-order valence-electron chi connectivity index (χ0n) is 22.9. The minimum absolute atomic E-state index is 0.00153. The van der Waals surface area contributed by atoms with Crippen molar-refractivity contribution in [3.8, 4) is 0 Å². The van der Waals surface area contributed by atoms with Crippen molar-refractivity contribution in [1.82, 2.24) is 10.2 Å². The highest BCUT2D eigenvalue weighted by Gasteiger charge is 2.35. The number of nitrogens with one attached hydrogen (secondary N) is 1. The number of benzene rings is 4. The number of nitrogens with zero attached hydrogens (tertiary/aromatic N) is 2. The summed E-state index contributed by atoms with van der Waals surface area (Å²) in [6.07, 6.45) is 0.137. The first kappa shape index (κ1) is 32.6. The third-order valence-electron chi connectivity index (χ3n) is 6.69. The molecule has 0 heterocycles. The molecule has 4 rings (SSSR count). The number of carbonyl (C=O) groups excluding carboxylic acids is 2. The Kier molecular flexibility index (Phi) is 11.0. The third kappa shape index (κ3) is 7.82. The maximum Gasteiger partial charge on any atom is 0.264 e. The Bertz CT molecular complexity index is 1690. The first-order chi connectivity index (χ1) is 20.5. The van der Waals surface area contributed by atoms with E-state index in [9.17, 15) is 18.0 Å². The molecule has 43 heavy (non-hydrogen) atoms. The molecule has 0 radical (unpaired) electrons. The van der Waals surface area contributed by atoms with Gasteiger partial charge < -0.3 is 10.2 Å². The molecule has 12 heteroatoms. The normalized spacial score (nSPS) is 11.9. The van der Waals surface area contributed by atoms with Crippen molar-refractivity contribution in [2.75, 3.05) is 17.9 Å². The molecule has 0 aromatic heterocycles. The number of rotatable bonds is 11. The molecule has 1 N–H and O–H groups in total. The monoisotopic (exact) mass is 677 g/mol. The summed E-state index contributed by atoms with van der Waals surface area (Å²) in [4.78, 5) is 28.9. The van der Waals surface area contributed by atoms with E-state index in [4.69, 9.17) is 46.4 Å². The summed E-state index contributed by atoms with van der Waals surface area (Å²) in [5.41, 5.74) is 1.19. The highest BCUT2D eigenvalue weighted by atomic mass is 35.5. The number of likely N-dealkylation sites (N-methyl/N-ethyl adjacent to an activating group) is 1. The lowest BCUT2D eigenvalue weighted by Gasteiger charge is -2.34. The zero-order valence-corrected chi connectivity index (χ0v) is 26.7. The Labute approximate surface area is 271 Å². The molecule has 0 aliphatic carbocycles. The quantitative estimate of drug-likeness (QED) is 0.187. The number of carbonyl (C=O) groups is 2. The molecule has 0 bridgehead atoms. The molecule has 0 spiro atoms. The lowest BCUT2D eigenvalue weighted by atomic mass is 10.0. The van der Waals surface area contributed by atoms with Crippen LogP contribution in [0.2, 0.25) is 20.1 Å². The van der Waals surface area contributed by atoms with E-state index in [-0.39, 0.29) is 43.6 Å². The second-order valence-corrected chi connectivity index (χ2v) is 13.0. The van der Waals surface area contributed by atoms with Crippen LogP contribution < -0.4 is 9.62 Å². The number of halogens is 4. The van der Waals surface area contributed by atoms with Crippen molar-refractivity contribution in [2.45, 2.75) is 23.9 Å². The average molecular weight is 679 g/mol. The molecule has 1 unspecified atom stereocenters. The third-order valence-corrected chi connectivity index (χ3v) is 9.73. The molecule has 0 saturated heterocycles. The van der Waals surface area contributed by atoms with E-state index in [1.54, 1.807) is 36.4 Å². The largest absolute Gasteiger partial charge is 0.357 e. The van der Waals surface area contributed by atoms with Crippen LogP contribution in [0.4, 0.5) is 5.69 Å². The first-order valence-corrected chi connectivity index (χ1v) is 16.0. The van der Waals surface area contributed by atoms with Crippen molar-refractivity contribution in [3.05, 3.63) is 128 Å². The van der Waals surface area contributed by atoms with Gasteiger partial charge in [0.2, 0.25) is 11.8 Å². The van der Waals surface area contributed by atoms with Crippen molar-refractivity contribution in [3.63, 3.8) is 0 Å². The van der Waals surface area contributed by atoms with Gasteiger partial charge in [0, 0.05) is 40.6 Å². The SMILES string of the molecule is CNC(=O)C(Cc1ccccc1)N(Cc1c(Cl)cccc1Cl)C(=O)CN(c1cc(Cl)ccc1Cl)S(=O)(=O)c1ccccc1. The topological polar surface area (TPSA) is 86.8 Å². The van der Waals surface area contributed by atoms with Crippen LogP contribution in [-0.2, 0) is 32.6 Å². The van der Waals surface area contributed by atoms with E-state index in [0.717, 1.165) is 9.87 Å². The van der Waals surface area contributed by atoms with Crippen LogP contribution in [0.5, 0.6) is 0 Å². The summed E-state index contributed by atoms with van der Waals surface area (Å²) < 4.78 is 28.9. The van der Waals surface area contributed by atoms with Gasteiger partial charge in [-0.15, -0.1) is 0 Å². The zero-order chi connectivity index (χ0) is 31.1. The first-order valence-electron chi connectivity index (χ1n) is 13.0. The van der Waals surface area contributed by atoms with Gasteiger partial charge in [-0.2, -0.15) is 0 Å². The van der Waals surface area contributed by atoms with Crippen LogP contribution in [-0.4, -0.2) is 44.8 Å². The number of hydrogen-bond acceptors (Lipinski definition) is 4. The van der Waals surface area contributed by atoms with Gasteiger partial charge in [-0.05, 0) is 48.0 Å². The maximum absolute atomic E-state index is 14.4. The van der Waals surface area contributed by atoms with E-state index in [2.05, 4.69) is 5.32 Å². The number of amides is 2. The van der Waals surface area contributed by atoms with Crippen LogP contribution >= 0.6 is 46.4 Å². The molecule has 4 aromatic carbocycles. The van der Waals surface area contributed by atoms with Gasteiger partial charge in [0.25, 0.3) is 10.0 Å². The van der Waals surface area contributed by atoms with Gasteiger partial charge in [-0.3, -0.25) is 13.9 Å². The molecule has 0 fully saturated rings.